The SMILES string of the molecule is O=C1OC(c2ccccc2)=NC1C12CC3CC(CC(C3)C1)C2. The van der Waals surface area contributed by atoms with Crippen LogP contribution in [0.3, 0.4) is 0 Å². The van der Waals surface area contributed by atoms with Gasteiger partial charge in [-0.15, -0.1) is 0 Å². The van der Waals surface area contributed by atoms with Crippen LogP contribution < -0.4 is 0 Å². The van der Waals surface area contributed by atoms with E-state index in [0.29, 0.717) is 5.90 Å². The molecule has 1 heterocycles. The normalized spacial score (nSPS) is 42.4. The van der Waals surface area contributed by atoms with E-state index in [2.05, 4.69) is 0 Å². The van der Waals surface area contributed by atoms with Crippen molar-refractivity contribution in [1.82, 2.24) is 0 Å². The lowest BCUT2D eigenvalue weighted by Gasteiger charge is -2.57. The van der Waals surface area contributed by atoms with Gasteiger partial charge in [-0.2, -0.15) is 0 Å². The van der Waals surface area contributed by atoms with Crippen LogP contribution in [0.1, 0.15) is 44.1 Å². The minimum Gasteiger partial charge on any atom is -0.406 e. The molecular formula is C19H21NO2. The van der Waals surface area contributed by atoms with Crippen molar-refractivity contribution in [2.24, 2.45) is 28.2 Å². The first kappa shape index (κ1) is 12.9. The zero-order chi connectivity index (χ0) is 14.7. The van der Waals surface area contributed by atoms with Crippen LogP contribution in [0.5, 0.6) is 0 Å². The number of rotatable bonds is 2. The van der Waals surface area contributed by atoms with Crippen LogP contribution in [0.4, 0.5) is 0 Å². The Hall–Kier alpha value is -1.64. The van der Waals surface area contributed by atoms with Crippen LogP contribution >= 0.6 is 0 Å². The molecule has 0 radical (unpaired) electrons. The Bertz CT molecular complexity index is 613. The number of nitrogens with zero attached hydrogens (tertiary/aromatic N) is 1. The molecule has 1 atom stereocenters. The molecule has 5 aliphatic rings. The first-order valence-corrected chi connectivity index (χ1v) is 8.57. The smallest absolute Gasteiger partial charge is 0.338 e. The minimum absolute atomic E-state index is 0.0996. The van der Waals surface area contributed by atoms with Gasteiger partial charge in [0.1, 0.15) is 0 Å². The van der Waals surface area contributed by atoms with E-state index in [1.54, 1.807) is 0 Å². The highest BCUT2D eigenvalue weighted by atomic mass is 16.6. The Morgan fingerprint density at radius 2 is 1.55 bits per heavy atom. The molecule has 3 heteroatoms. The van der Waals surface area contributed by atoms with Gasteiger partial charge in [-0.25, -0.2) is 9.79 Å². The third kappa shape index (κ3) is 1.81. The number of cyclic esters (lactones) is 1. The number of ether oxygens (including phenoxy) is 1. The lowest BCUT2D eigenvalue weighted by atomic mass is 9.48. The highest BCUT2D eigenvalue weighted by Crippen LogP contribution is 2.62. The Kier molecular flexibility index (Phi) is 2.59. The molecule has 0 spiro atoms. The van der Waals surface area contributed by atoms with Crippen LogP contribution in [-0.4, -0.2) is 17.9 Å². The molecule has 1 aromatic rings. The number of carbonyl (C=O) groups is 1. The fourth-order valence-electron chi connectivity index (χ4n) is 5.96. The van der Waals surface area contributed by atoms with Crippen molar-refractivity contribution in [3.8, 4) is 0 Å². The lowest BCUT2D eigenvalue weighted by molar-refractivity contribution is -0.144. The lowest BCUT2D eigenvalue weighted by Crippen LogP contribution is -2.52. The molecule has 1 aliphatic heterocycles. The summed E-state index contributed by atoms with van der Waals surface area (Å²) in [6.07, 6.45) is 7.71. The highest BCUT2D eigenvalue weighted by molar-refractivity contribution is 6.06. The molecular weight excluding hydrogens is 274 g/mol. The molecule has 4 bridgehead atoms. The number of benzene rings is 1. The van der Waals surface area contributed by atoms with Gasteiger partial charge in [0.15, 0.2) is 6.04 Å². The maximum atomic E-state index is 12.5. The molecule has 22 heavy (non-hydrogen) atoms. The number of carbonyl (C=O) groups excluding carboxylic acids is 1. The Morgan fingerprint density at radius 1 is 0.955 bits per heavy atom. The van der Waals surface area contributed by atoms with E-state index in [-0.39, 0.29) is 17.4 Å². The van der Waals surface area contributed by atoms with Crippen molar-refractivity contribution in [2.75, 3.05) is 0 Å². The first-order chi connectivity index (χ1) is 10.7. The topological polar surface area (TPSA) is 38.7 Å². The molecule has 4 fully saturated rings. The zero-order valence-corrected chi connectivity index (χ0v) is 12.7. The molecule has 6 rings (SSSR count). The van der Waals surface area contributed by atoms with E-state index in [9.17, 15) is 4.79 Å². The number of hydrogen-bond donors (Lipinski definition) is 0. The average molecular weight is 295 g/mol. The van der Waals surface area contributed by atoms with E-state index in [4.69, 9.17) is 9.73 Å². The van der Waals surface area contributed by atoms with Crippen LogP contribution in [0.15, 0.2) is 35.3 Å². The number of aliphatic imine (C=N–C) groups is 1. The number of hydrogen-bond acceptors (Lipinski definition) is 3. The molecule has 3 nitrogen and oxygen atoms in total. The van der Waals surface area contributed by atoms with E-state index in [0.717, 1.165) is 23.3 Å². The van der Waals surface area contributed by atoms with Gasteiger partial charge in [-0.1, -0.05) is 18.2 Å². The molecule has 0 aromatic heterocycles. The van der Waals surface area contributed by atoms with Gasteiger partial charge in [0.05, 0.1) is 0 Å². The largest absolute Gasteiger partial charge is 0.406 e. The fourth-order valence-corrected chi connectivity index (χ4v) is 5.96. The zero-order valence-electron chi connectivity index (χ0n) is 12.7. The molecule has 114 valence electrons. The molecule has 4 saturated carbocycles. The van der Waals surface area contributed by atoms with Crippen LogP contribution in [-0.2, 0) is 9.53 Å². The molecule has 0 N–H and O–H groups in total. The van der Waals surface area contributed by atoms with Crippen LogP contribution in [0.2, 0.25) is 0 Å². The first-order valence-electron chi connectivity index (χ1n) is 8.57. The van der Waals surface area contributed by atoms with Crippen LogP contribution in [0.25, 0.3) is 0 Å². The standard InChI is InChI=1S/C19H21NO2/c21-18-16(20-17(22-18)15-4-2-1-3-5-15)19-9-12-6-13(10-19)8-14(7-12)11-19/h1-5,12-14,16H,6-11H2. The van der Waals surface area contributed by atoms with E-state index < -0.39 is 0 Å². The van der Waals surface area contributed by atoms with E-state index in [1.807, 2.05) is 30.3 Å². The second-order valence-corrected chi connectivity index (χ2v) is 7.90. The third-order valence-electron chi connectivity index (χ3n) is 6.35. The molecule has 4 aliphatic carbocycles. The van der Waals surface area contributed by atoms with Crippen molar-refractivity contribution in [2.45, 2.75) is 44.6 Å². The van der Waals surface area contributed by atoms with Gasteiger partial charge in [-0.05, 0) is 68.4 Å². The summed E-state index contributed by atoms with van der Waals surface area (Å²) in [4.78, 5) is 17.3. The predicted octanol–water partition coefficient (Wildman–Crippen LogP) is 3.58. The maximum Gasteiger partial charge on any atom is 0.338 e. The summed E-state index contributed by atoms with van der Waals surface area (Å²) >= 11 is 0. The Morgan fingerprint density at radius 3 is 2.14 bits per heavy atom. The van der Waals surface area contributed by atoms with Crippen molar-refractivity contribution in [1.29, 1.82) is 0 Å². The summed E-state index contributed by atoms with van der Waals surface area (Å²) in [5, 5.41) is 0. The summed E-state index contributed by atoms with van der Waals surface area (Å²) < 4.78 is 5.56. The third-order valence-corrected chi connectivity index (χ3v) is 6.35. The van der Waals surface area contributed by atoms with Gasteiger partial charge < -0.3 is 4.74 Å². The molecule has 0 amide bonds. The minimum atomic E-state index is -0.254. The molecule has 1 unspecified atom stereocenters. The summed E-state index contributed by atoms with van der Waals surface area (Å²) in [7, 11) is 0. The van der Waals surface area contributed by atoms with Crippen molar-refractivity contribution in [3.05, 3.63) is 35.9 Å². The second kappa shape index (κ2) is 4.43. The van der Waals surface area contributed by atoms with Gasteiger partial charge in [-0.3, -0.25) is 0 Å². The van der Waals surface area contributed by atoms with E-state index in [1.165, 1.54) is 38.5 Å². The van der Waals surface area contributed by atoms with Crippen LogP contribution in [0, 0.1) is 23.2 Å². The fraction of sp³-hybridized carbons (Fsp3) is 0.579. The Balaban J connectivity index is 1.50. The molecule has 0 saturated heterocycles. The summed E-state index contributed by atoms with van der Waals surface area (Å²) in [6.45, 7) is 0. The Labute approximate surface area is 130 Å². The second-order valence-electron chi connectivity index (χ2n) is 7.90. The highest BCUT2D eigenvalue weighted by Gasteiger charge is 2.58. The van der Waals surface area contributed by atoms with Crippen molar-refractivity contribution >= 4 is 11.9 Å². The van der Waals surface area contributed by atoms with Crippen molar-refractivity contribution < 1.29 is 9.53 Å². The summed E-state index contributed by atoms with van der Waals surface area (Å²) in [5.41, 5.74) is 1.02. The van der Waals surface area contributed by atoms with Gasteiger partial charge in [0, 0.05) is 11.0 Å². The van der Waals surface area contributed by atoms with Gasteiger partial charge >= 0.3 is 5.97 Å². The monoisotopic (exact) mass is 295 g/mol. The molecule has 1 aromatic carbocycles. The predicted molar refractivity (Wildman–Crippen MR) is 83.5 cm³/mol. The summed E-state index contributed by atoms with van der Waals surface area (Å²) in [5.74, 6) is 2.91. The van der Waals surface area contributed by atoms with Gasteiger partial charge in [0.2, 0.25) is 5.90 Å². The van der Waals surface area contributed by atoms with E-state index >= 15 is 0 Å². The van der Waals surface area contributed by atoms with Crippen molar-refractivity contribution in [3.63, 3.8) is 0 Å². The quantitative estimate of drug-likeness (QED) is 0.782. The maximum absolute atomic E-state index is 12.5. The number of esters is 1. The van der Waals surface area contributed by atoms with Gasteiger partial charge in [0.25, 0.3) is 0 Å². The summed E-state index contributed by atoms with van der Waals surface area (Å²) in [6, 6.07) is 9.57. The average Bonchev–Trinajstić information content (AvgIpc) is 2.90.